The van der Waals surface area contributed by atoms with Crippen LogP contribution in [0.15, 0.2) is 88.9 Å². The van der Waals surface area contributed by atoms with Crippen molar-refractivity contribution in [1.82, 2.24) is 9.88 Å². The van der Waals surface area contributed by atoms with Gasteiger partial charge in [0.05, 0.1) is 10.6 Å². The van der Waals surface area contributed by atoms with Crippen molar-refractivity contribution < 1.29 is 4.79 Å². The smallest absolute Gasteiger partial charge is 0.264 e. The van der Waals surface area contributed by atoms with E-state index in [9.17, 15) is 4.79 Å². The first kappa shape index (κ1) is 20.6. The molecule has 1 aliphatic rings. The maximum absolute atomic E-state index is 12.6. The zero-order valence-corrected chi connectivity index (χ0v) is 19.0. The third kappa shape index (κ3) is 4.35. The average Bonchev–Trinajstić information content (AvgIpc) is 3.28. The fourth-order valence-electron chi connectivity index (χ4n) is 3.81. The molecule has 3 aromatic carbocycles. The van der Waals surface area contributed by atoms with Gasteiger partial charge in [0, 0.05) is 34.2 Å². The van der Waals surface area contributed by atoms with Crippen LogP contribution >= 0.6 is 23.4 Å². The predicted octanol–water partition coefficient (Wildman–Crippen LogP) is 6.54. The molecule has 0 radical (unpaired) electrons. The number of aryl methyl sites for hydroxylation is 1. The van der Waals surface area contributed by atoms with Gasteiger partial charge in [-0.15, -0.1) is 0 Å². The lowest BCUT2D eigenvalue weighted by molar-refractivity contribution is -0.115. The van der Waals surface area contributed by atoms with E-state index in [2.05, 4.69) is 64.4 Å². The molecule has 2 heterocycles. The lowest BCUT2D eigenvalue weighted by atomic mass is 10.1. The molecule has 1 aromatic heterocycles. The van der Waals surface area contributed by atoms with Crippen LogP contribution in [-0.4, -0.2) is 15.6 Å². The van der Waals surface area contributed by atoms with Gasteiger partial charge in [0.2, 0.25) is 0 Å². The number of aliphatic imine (C=N–C) groups is 1. The number of halogens is 1. The largest absolute Gasteiger partial charge is 0.342 e. The van der Waals surface area contributed by atoms with E-state index in [-0.39, 0.29) is 5.91 Å². The van der Waals surface area contributed by atoms with Gasteiger partial charge in [-0.1, -0.05) is 65.7 Å². The number of hydrogen-bond acceptors (Lipinski definition) is 3. The summed E-state index contributed by atoms with van der Waals surface area (Å²) in [6.07, 6.45) is 4.05. The van der Waals surface area contributed by atoms with E-state index in [0.29, 0.717) is 20.8 Å². The molecule has 6 heteroatoms. The lowest BCUT2D eigenvalue weighted by Crippen LogP contribution is -2.19. The van der Waals surface area contributed by atoms with Crippen LogP contribution in [0.3, 0.4) is 0 Å². The second kappa shape index (κ2) is 8.69. The van der Waals surface area contributed by atoms with Crippen molar-refractivity contribution in [2.75, 3.05) is 0 Å². The van der Waals surface area contributed by atoms with Crippen LogP contribution in [0.1, 0.15) is 16.7 Å². The molecule has 158 valence electrons. The van der Waals surface area contributed by atoms with E-state index in [1.165, 1.54) is 22.9 Å². The molecular formula is C26H20ClN3OS. The number of rotatable bonds is 4. The number of benzene rings is 3. The number of carbonyl (C=O) groups is 1. The molecule has 32 heavy (non-hydrogen) atoms. The Morgan fingerprint density at radius 3 is 2.75 bits per heavy atom. The van der Waals surface area contributed by atoms with Gasteiger partial charge >= 0.3 is 0 Å². The Morgan fingerprint density at radius 2 is 1.91 bits per heavy atom. The van der Waals surface area contributed by atoms with Crippen molar-refractivity contribution in [1.29, 1.82) is 0 Å². The molecule has 4 nitrogen and oxygen atoms in total. The van der Waals surface area contributed by atoms with Crippen LogP contribution in [0, 0.1) is 6.92 Å². The average molecular weight is 458 g/mol. The van der Waals surface area contributed by atoms with Gasteiger partial charge < -0.3 is 9.88 Å². The summed E-state index contributed by atoms with van der Waals surface area (Å²) < 4.78 is 2.23. The second-order valence-electron chi connectivity index (χ2n) is 7.68. The number of aromatic nitrogens is 1. The molecule has 0 unspecified atom stereocenters. The van der Waals surface area contributed by atoms with Crippen molar-refractivity contribution in [3.63, 3.8) is 0 Å². The number of amides is 1. The quantitative estimate of drug-likeness (QED) is 0.353. The molecule has 0 spiro atoms. The molecule has 1 saturated heterocycles. The molecule has 5 rings (SSSR count). The molecule has 1 aliphatic heterocycles. The number of hydrogen-bond donors (Lipinski definition) is 1. The monoisotopic (exact) mass is 457 g/mol. The molecule has 0 aliphatic carbocycles. The number of nitrogens with one attached hydrogen (secondary N) is 1. The molecular weight excluding hydrogens is 438 g/mol. The van der Waals surface area contributed by atoms with Gasteiger partial charge in [-0.05, 0) is 54.6 Å². The summed E-state index contributed by atoms with van der Waals surface area (Å²) in [6, 6.07) is 24.0. The molecule has 4 aromatic rings. The SMILES string of the molecule is Cc1cccc(Cn2cc(/C=C3\SC(=Nc4cccc(Cl)c4)NC3=O)c3ccccc32)c1. The first-order valence-electron chi connectivity index (χ1n) is 10.2. The lowest BCUT2D eigenvalue weighted by Gasteiger charge is -2.06. The Hall–Kier alpha value is -3.28. The minimum Gasteiger partial charge on any atom is -0.342 e. The van der Waals surface area contributed by atoms with Crippen LogP contribution < -0.4 is 5.32 Å². The van der Waals surface area contributed by atoms with Gasteiger partial charge in [0.15, 0.2) is 5.17 Å². The van der Waals surface area contributed by atoms with Gasteiger partial charge in [-0.2, -0.15) is 0 Å². The molecule has 1 fully saturated rings. The molecule has 0 atom stereocenters. The summed E-state index contributed by atoms with van der Waals surface area (Å²) in [5, 5.41) is 5.12. The maximum atomic E-state index is 12.6. The Balaban J connectivity index is 1.48. The minimum absolute atomic E-state index is 0.147. The summed E-state index contributed by atoms with van der Waals surface area (Å²) in [6.45, 7) is 2.87. The fraction of sp³-hybridized carbons (Fsp3) is 0.0769. The summed E-state index contributed by atoms with van der Waals surface area (Å²) in [5.41, 5.74) is 5.34. The van der Waals surface area contributed by atoms with E-state index >= 15 is 0 Å². The van der Waals surface area contributed by atoms with Crippen molar-refractivity contribution >= 4 is 57.1 Å². The van der Waals surface area contributed by atoms with E-state index in [4.69, 9.17) is 11.6 Å². The Kier molecular flexibility index (Phi) is 5.60. The zero-order valence-electron chi connectivity index (χ0n) is 17.4. The predicted molar refractivity (Wildman–Crippen MR) is 134 cm³/mol. The van der Waals surface area contributed by atoms with E-state index in [1.807, 2.05) is 30.3 Å². The van der Waals surface area contributed by atoms with Gasteiger partial charge in [0.1, 0.15) is 0 Å². The van der Waals surface area contributed by atoms with Crippen molar-refractivity contribution in [2.24, 2.45) is 4.99 Å². The van der Waals surface area contributed by atoms with Crippen LogP contribution in [-0.2, 0) is 11.3 Å². The van der Waals surface area contributed by atoms with Crippen LogP contribution in [0.2, 0.25) is 5.02 Å². The zero-order chi connectivity index (χ0) is 22.1. The second-order valence-corrected chi connectivity index (χ2v) is 9.15. The highest BCUT2D eigenvalue weighted by molar-refractivity contribution is 8.18. The van der Waals surface area contributed by atoms with Crippen LogP contribution in [0.5, 0.6) is 0 Å². The maximum Gasteiger partial charge on any atom is 0.264 e. The highest BCUT2D eigenvalue weighted by Gasteiger charge is 2.24. The Morgan fingerprint density at radius 1 is 1.06 bits per heavy atom. The number of para-hydroxylation sites is 1. The number of carbonyl (C=O) groups excluding carboxylic acids is 1. The molecule has 1 N–H and O–H groups in total. The third-order valence-electron chi connectivity index (χ3n) is 5.23. The minimum atomic E-state index is -0.147. The van der Waals surface area contributed by atoms with Crippen molar-refractivity contribution in [3.05, 3.63) is 106 Å². The Labute approximate surface area is 195 Å². The van der Waals surface area contributed by atoms with Crippen LogP contribution in [0.25, 0.3) is 17.0 Å². The number of amidine groups is 1. The molecule has 0 bridgehead atoms. The Bertz CT molecular complexity index is 1400. The standard InChI is InChI=1S/C26H20ClN3OS/c1-17-6-4-7-18(12-17)15-30-16-19(22-10-2-3-11-23(22)30)13-24-25(31)29-26(32-24)28-21-9-5-8-20(27)14-21/h2-14,16H,15H2,1H3,(H,28,29,31)/b24-13-. The highest BCUT2D eigenvalue weighted by Crippen LogP contribution is 2.31. The molecule has 0 saturated carbocycles. The summed E-state index contributed by atoms with van der Waals surface area (Å²) in [5.74, 6) is -0.147. The fourth-order valence-corrected chi connectivity index (χ4v) is 4.83. The highest BCUT2D eigenvalue weighted by atomic mass is 35.5. The summed E-state index contributed by atoms with van der Waals surface area (Å²) >= 11 is 7.38. The van der Waals surface area contributed by atoms with E-state index in [0.717, 1.165) is 23.0 Å². The van der Waals surface area contributed by atoms with Gasteiger partial charge in [-0.3, -0.25) is 4.79 Å². The summed E-state index contributed by atoms with van der Waals surface area (Å²) in [7, 11) is 0. The van der Waals surface area contributed by atoms with Crippen molar-refractivity contribution in [3.8, 4) is 0 Å². The van der Waals surface area contributed by atoms with Gasteiger partial charge in [-0.25, -0.2) is 4.99 Å². The first-order chi connectivity index (χ1) is 15.5. The number of fused-ring (bicyclic) bond motifs is 1. The first-order valence-corrected chi connectivity index (χ1v) is 11.4. The van der Waals surface area contributed by atoms with Gasteiger partial charge in [0.25, 0.3) is 5.91 Å². The number of nitrogens with zero attached hydrogens (tertiary/aromatic N) is 2. The van der Waals surface area contributed by atoms with Crippen LogP contribution in [0.4, 0.5) is 5.69 Å². The normalized spacial score (nSPS) is 16.2. The molecule has 1 amide bonds. The number of thioether (sulfide) groups is 1. The van der Waals surface area contributed by atoms with Crippen molar-refractivity contribution in [2.45, 2.75) is 13.5 Å². The van der Waals surface area contributed by atoms with E-state index in [1.54, 1.807) is 12.1 Å². The topological polar surface area (TPSA) is 46.4 Å². The van der Waals surface area contributed by atoms with E-state index < -0.39 is 0 Å². The third-order valence-corrected chi connectivity index (χ3v) is 6.38. The summed E-state index contributed by atoms with van der Waals surface area (Å²) in [4.78, 5) is 17.7.